The Kier molecular flexibility index (Phi) is 3.98. The molecule has 2 N–H and O–H groups in total. The Hall–Kier alpha value is -1.51. The largest absolute Gasteiger partial charge is 0.491 e. The summed E-state index contributed by atoms with van der Waals surface area (Å²) in [5.41, 5.74) is 7.24. The Bertz CT molecular complexity index is 312. The first-order valence-corrected chi connectivity index (χ1v) is 4.46. The maximum absolute atomic E-state index is 11.9. The molecule has 0 unspecified atom stereocenters. The second-order valence-corrected chi connectivity index (χ2v) is 2.90. The number of rotatable bonds is 5. The molecule has 0 fully saturated rings. The van der Waals surface area contributed by atoms with Gasteiger partial charge in [0.15, 0.2) is 0 Å². The Morgan fingerprint density at radius 2 is 2.29 bits per heavy atom. The lowest BCUT2D eigenvalue weighted by atomic mass is 10.1. The zero-order valence-corrected chi connectivity index (χ0v) is 8.00. The van der Waals surface area contributed by atoms with E-state index in [0.29, 0.717) is 17.9 Å². The van der Waals surface area contributed by atoms with Crippen molar-refractivity contribution in [3.8, 4) is 5.75 Å². The van der Waals surface area contributed by atoms with Gasteiger partial charge in [-0.2, -0.15) is 0 Å². The monoisotopic (exact) mass is 195 g/mol. The Labute approximate surface area is 83.2 Å². The van der Waals surface area contributed by atoms with Gasteiger partial charge in [-0.15, -0.1) is 6.58 Å². The second-order valence-electron chi connectivity index (χ2n) is 2.90. The van der Waals surface area contributed by atoms with Gasteiger partial charge in [0, 0.05) is 5.69 Å². The summed E-state index contributed by atoms with van der Waals surface area (Å²) in [6.07, 6.45) is 2.43. The fraction of sp³-hybridized carbons (Fsp3) is 0.273. The lowest BCUT2D eigenvalue weighted by Crippen LogP contribution is -2.02. The topological polar surface area (TPSA) is 35.2 Å². The van der Waals surface area contributed by atoms with Gasteiger partial charge in [0.05, 0.1) is 0 Å². The lowest BCUT2D eigenvalue weighted by Gasteiger charge is -2.09. The molecule has 0 aromatic heterocycles. The van der Waals surface area contributed by atoms with Gasteiger partial charge in [0.2, 0.25) is 0 Å². The summed E-state index contributed by atoms with van der Waals surface area (Å²) in [6.45, 7) is 3.23. The van der Waals surface area contributed by atoms with Crippen molar-refractivity contribution in [2.45, 2.75) is 6.42 Å². The number of allylic oxidation sites excluding steroid dienone is 1. The van der Waals surface area contributed by atoms with Gasteiger partial charge in [-0.25, -0.2) is 4.39 Å². The quantitative estimate of drug-likeness (QED) is 0.578. The van der Waals surface area contributed by atoms with Gasteiger partial charge in [-0.05, 0) is 30.2 Å². The van der Waals surface area contributed by atoms with Crippen molar-refractivity contribution in [2.75, 3.05) is 19.0 Å². The van der Waals surface area contributed by atoms with E-state index < -0.39 is 6.67 Å². The van der Waals surface area contributed by atoms with E-state index in [1.54, 1.807) is 18.2 Å². The van der Waals surface area contributed by atoms with Gasteiger partial charge < -0.3 is 10.5 Å². The van der Waals surface area contributed by atoms with Crippen molar-refractivity contribution < 1.29 is 9.13 Å². The third kappa shape index (κ3) is 2.76. The molecule has 14 heavy (non-hydrogen) atoms. The highest BCUT2D eigenvalue weighted by atomic mass is 19.1. The van der Waals surface area contributed by atoms with Crippen molar-refractivity contribution in [2.24, 2.45) is 0 Å². The van der Waals surface area contributed by atoms with E-state index in [-0.39, 0.29) is 6.61 Å². The van der Waals surface area contributed by atoms with Crippen molar-refractivity contribution in [3.05, 3.63) is 36.4 Å². The molecule has 1 aromatic carbocycles. The van der Waals surface area contributed by atoms with Gasteiger partial charge in [0.1, 0.15) is 19.0 Å². The maximum atomic E-state index is 11.9. The first kappa shape index (κ1) is 10.6. The van der Waals surface area contributed by atoms with E-state index in [0.717, 1.165) is 5.56 Å². The number of nitrogen functional groups attached to an aromatic ring is 1. The minimum absolute atomic E-state index is 0.0774. The predicted octanol–water partition coefficient (Wildman–Crippen LogP) is 2.35. The third-order valence-corrected chi connectivity index (χ3v) is 1.78. The highest BCUT2D eigenvalue weighted by molar-refractivity contribution is 5.48. The van der Waals surface area contributed by atoms with E-state index in [1.165, 1.54) is 0 Å². The number of hydrogen-bond donors (Lipinski definition) is 1. The molecule has 3 heteroatoms. The van der Waals surface area contributed by atoms with E-state index >= 15 is 0 Å². The summed E-state index contributed by atoms with van der Waals surface area (Å²) in [7, 11) is 0. The molecule has 0 heterocycles. The zero-order valence-electron chi connectivity index (χ0n) is 8.00. The average molecular weight is 195 g/mol. The molecule has 1 aromatic rings. The summed E-state index contributed by atoms with van der Waals surface area (Å²) in [5.74, 6) is 0.678. The Morgan fingerprint density at radius 1 is 1.50 bits per heavy atom. The molecule has 0 aliphatic rings. The average Bonchev–Trinajstić information content (AvgIpc) is 2.17. The molecule has 0 bridgehead atoms. The Balaban J connectivity index is 2.83. The summed E-state index contributed by atoms with van der Waals surface area (Å²) >= 11 is 0. The van der Waals surface area contributed by atoms with Crippen LogP contribution in [0, 0.1) is 0 Å². The highest BCUT2D eigenvalue weighted by Gasteiger charge is 2.02. The van der Waals surface area contributed by atoms with E-state index in [2.05, 4.69) is 6.58 Å². The molecule has 0 atom stereocenters. The van der Waals surface area contributed by atoms with Gasteiger partial charge in [-0.3, -0.25) is 0 Å². The van der Waals surface area contributed by atoms with Crippen LogP contribution in [0.4, 0.5) is 10.1 Å². The van der Waals surface area contributed by atoms with Crippen LogP contribution in [0.2, 0.25) is 0 Å². The highest BCUT2D eigenvalue weighted by Crippen LogP contribution is 2.22. The van der Waals surface area contributed by atoms with Gasteiger partial charge in [0.25, 0.3) is 0 Å². The molecular weight excluding hydrogens is 181 g/mol. The molecule has 0 radical (unpaired) electrons. The first-order valence-electron chi connectivity index (χ1n) is 4.46. The molecule has 76 valence electrons. The molecular formula is C11H14FNO. The normalized spacial score (nSPS) is 9.79. The van der Waals surface area contributed by atoms with E-state index in [1.807, 2.05) is 6.07 Å². The molecule has 0 aliphatic heterocycles. The molecule has 0 spiro atoms. The van der Waals surface area contributed by atoms with Crippen molar-refractivity contribution in [1.29, 1.82) is 0 Å². The number of anilines is 1. The van der Waals surface area contributed by atoms with Crippen molar-refractivity contribution >= 4 is 5.69 Å². The predicted molar refractivity (Wildman–Crippen MR) is 56.2 cm³/mol. The number of nitrogens with two attached hydrogens (primary N) is 1. The molecule has 0 amide bonds. The fourth-order valence-corrected chi connectivity index (χ4v) is 1.20. The van der Waals surface area contributed by atoms with E-state index in [9.17, 15) is 4.39 Å². The van der Waals surface area contributed by atoms with Crippen LogP contribution in [0.25, 0.3) is 0 Å². The van der Waals surface area contributed by atoms with Crippen LogP contribution in [0.5, 0.6) is 5.75 Å². The van der Waals surface area contributed by atoms with Crippen LogP contribution in [0.15, 0.2) is 30.9 Å². The van der Waals surface area contributed by atoms with Gasteiger partial charge >= 0.3 is 0 Å². The third-order valence-electron chi connectivity index (χ3n) is 1.78. The molecule has 1 rings (SSSR count). The molecule has 0 saturated carbocycles. The molecule has 0 aliphatic carbocycles. The van der Waals surface area contributed by atoms with Crippen LogP contribution < -0.4 is 10.5 Å². The van der Waals surface area contributed by atoms with Crippen LogP contribution in [-0.4, -0.2) is 13.3 Å². The number of alkyl halides is 1. The van der Waals surface area contributed by atoms with Gasteiger partial charge in [-0.1, -0.05) is 6.08 Å². The lowest BCUT2D eigenvalue weighted by molar-refractivity contribution is 0.271. The molecule has 2 nitrogen and oxygen atoms in total. The first-order chi connectivity index (χ1) is 6.77. The second kappa shape index (κ2) is 5.27. The minimum atomic E-state index is -0.488. The number of benzene rings is 1. The fourth-order valence-electron chi connectivity index (χ4n) is 1.20. The number of ether oxygens (including phenoxy) is 1. The smallest absolute Gasteiger partial charge is 0.123 e. The van der Waals surface area contributed by atoms with E-state index in [4.69, 9.17) is 10.5 Å². The minimum Gasteiger partial charge on any atom is -0.491 e. The maximum Gasteiger partial charge on any atom is 0.123 e. The number of hydrogen-bond acceptors (Lipinski definition) is 2. The zero-order chi connectivity index (χ0) is 10.4. The summed E-state index contributed by atoms with van der Waals surface area (Å²) in [5, 5.41) is 0. The van der Waals surface area contributed by atoms with Crippen LogP contribution in [0.3, 0.4) is 0 Å². The SMILES string of the molecule is C=CCc1cc(N)ccc1OCCF. The Morgan fingerprint density at radius 3 is 2.93 bits per heavy atom. The number of halogens is 1. The summed E-state index contributed by atoms with van der Waals surface area (Å²) < 4.78 is 17.1. The summed E-state index contributed by atoms with van der Waals surface area (Å²) in [6, 6.07) is 5.30. The van der Waals surface area contributed by atoms with Crippen LogP contribution in [0.1, 0.15) is 5.56 Å². The standard InChI is InChI=1S/C11H14FNO/c1-2-3-9-8-10(13)4-5-11(9)14-7-6-12/h2,4-5,8H,1,3,6-7,13H2. The van der Waals surface area contributed by atoms with Crippen LogP contribution in [-0.2, 0) is 6.42 Å². The van der Waals surface area contributed by atoms with Crippen LogP contribution >= 0.6 is 0 Å². The van der Waals surface area contributed by atoms with Crippen molar-refractivity contribution in [3.63, 3.8) is 0 Å². The summed E-state index contributed by atoms with van der Waals surface area (Å²) in [4.78, 5) is 0. The van der Waals surface area contributed by atoms with Crippen molar-refractivity contribution in [1.82, 2.24) is 0 Å². The molecule has 0 saturated heterocycles.